The predicted octanol–water partition coefficient (Wildman–Crippen LogP) is 3.03. The van der Waals surface area contributed by atoms with Crippen LogP contribution in [0.3, 0.4) is 0 Å². The number of nitriles is 1. The molecule has 116 valence electrons. The molecule has 0 aromatic heterocycles. The van der Waals surface area contributed by atoms with Gasteiger partial charge in [0, 0.05) is 32.2 Å². The van der Waals surface area contributed by atoms with Gasteiger partial charge in [-0.2, -0.15) is 18.4 Å². The summed E-state index contributed by atoms with van der Waals surface area (Å²) < 4.78 is 38.2. The van der Waals surface area contributed by atoms with Crippen LogP contribution in [0.4, 0.5) is 18.9 Å². The Morgan fingerprint density at radius 1 is 1.18 bits per heavy atom. The zero-order chi connectivity index (χ0) is 15.7. The number of rotatable bonds is 2. The molecule has 1 atom stereocenters. The third kappa shape index (κ3) is 2.81. The molecule has 0 bridgehead atoms. The molecule has 0 spiro atoms. The number of nitrogens with zero attached hydrogens (tertiary/aromatic N) is 3. The Bertz CT molecular complexity index is 623. The first-order chi connectivity index (χ1) is 10.5. The van der Waals surface area contributed by atoms with Crippen LogP contribution in [0.1, 0.15) is 17.5 Å². The largest absolute Gasteiger partial charge is 0.416 e. The van der Waals surface area contributed by atoms with E-state index < -0.39 is 11.7 Å². The molecule has 1 aromatic rings. The average molecular weight is 307 g/mol. The third-order valence-corrected chi connectivity index (χ3v) is 4.31. The Morgan fingerprint density at radius 2 is 1.91 bits per heavy atom. The minimum absolute atomic E-state index is 0.0926. The van der Waals surface area contributed by atoms with Crippen molar-refractivity contribution in [1.29, 1.82) is 5.26 Å². The highest BCUT2D eigenvalue weighted by Crippen LogP contribution is 2.34. The van der Waals surface area contributed by atoms with E-state index in [2.05, 4.69) is 17.1 Å². The molecular formula is C16H16F3N3. The predicted molar refractivity (Wildman–Crippen MR) is 77.5 cm³/mol. The summed E-state index contributed by atoms with van der Waals surface area (Å²) in [6.45, 7) is 3.37. The molecule has 0 radical (unpaired) electrons. The molecule has 2 aliphatic heterocycles. The lowest BCUT2D eigenvalue weighted by Crippen LogP contribution is -2.35. The molecule has 1 fully saturated rings. The van der Waals surface area contributed by atoms with Crippen molar-refractivity contribution in [3.8, 4) is 6.07 Å². The molecule has 6 heteroatoms. The summed E-state index contributed by atoms with van der Waals surface area (Å²) in [6.07, 6.45) is 0.801. The second-order valence-corrected chi connectivity index (χ2v) is 5.66. The quantitative estimate of drug-likeness (QED) is 0.787. The van der Waals surface area contributed by atoms with E-state index in [0.717, 1.165) is 44.7 Å². The number of hydrogen-bond acceptors (Lipinski definition) is 3. The van der Waals surface area contributed by atoms with Crippen LogP contribution in [-0.2, 0) is 6.18 Å². The lowest BCUT2D eigenvalue weighted by Gasteiger charge is -2.25. The molecule has 0 unspecified atom stereocenters. The average Bonchev–Trinajstić information content (AvgIpc) is 3.16. The fraction of sp³-hybridized carbons (Fsp3) is 0.438. The Labute approximate surface area is 127 Å². The maximum Gasteiger partial charge on any atom is 0.416 e. The van der Waals surface area contributed by atoms with E-state index in [9.17, 15) is 18.4 Å². The van der Waals surface area contributed by atoms with E-state index >= 15 is 0 Å². The van der Waals surface area contributed by atoms with Gasteiger partial charge < -0.3 is 4.90 Å². The Morgan fingerprint density at radius 3 is 2.55 bits per heavy atom. The van der Waals surface area contributed by atoms with E-state index in [-0.39, 0.29) is 5.56 Å². The van der Waals surface area contributed by atoms with Crippen molar-refractivity contribution in [3.63, 3.8) is 0 Å². The van der Waals surface area contributed by atoms with Crippen molar-refractivity contribution in [2.75, 3.05) is 31.1 Å². The molecular weight excluding hydrogens is 291 g/mol. The third-order valence-electron chi connectivity index (χ3n) is 4.31. The summed E-state index contributed by atoms with van der Waals surface area (Å²) in [5.74, 6) is 0. The lowest BCUT2D eigenvalue weighted by atomic mass is 10.1. The maximum atomic E-state index is 12.7. The zero-order valence-corrected chi connectivity index (χ0v) is 12.0. The fourth-order valence-corrected chi connectivity index (χ4v) is 3.13. The van der Waals surface area contributed by atoms with Crippen molar-refractivity contribution in [2.24, 2.45) is 0 Å². The number of benzene rings is 1. The summed E-state index contributed by atoms with van der Waals surface area (Å²) in [4.78, 5) is 4.36. The highest BCUT2D eigenvalue weighted by Gasteiger charge is 2.33. The van der Waals surface area contributed by atoms with Crippen molar-refractivity contribution in [3.05, 3.63) is 41.5 Å². The number of halogens is 3. The van der Waals surface area contributed by atoms with Gasteiger partial charge in [-0.1, -0.05) is 12.2 Å². The molecule has 22 heavy (non-hydrogen) atoms. The topological polar surface area (TPSA) is 30.3 Å². The van der Waals surface area contributed by atoms with E-state index in [1.165, 1.54) is 6.07 Å². The van der Waals surface area contributed by atoms with Crippen LogP contribution in [0, 0.1) is 11.3 Å². The van der Waals surface area contributed by atoms with Gasteiger partial charge in [0.15, 0.2) is 0 Å². The second kappa shape index (κ2) is 5.65. The molecule has 2 heterocycles. The van der Waals surface area contributed by atoms with Crippen LogP contribution in [0.15, 0.2) is 30.4 Å². The van der Waals surface area contributed by atoms with Crippen LogP contribution in [0.25, 0.3) is 0 Å². The lowest BCUT2D eigenvalue weighted by molar-refractivity contribution is -0.137. The highest BCUT2D eigenvalue weighted by molar-refractivity contribution is 5.61. The summed E-state index contributed by atoms with van der Waals surface area (Å²) in [7, 11) is 0. The van der Waals surface area contributed by atoms with Crippen molar-refractivity contribution in [2.45, 2.75) is 18.6 Å². The molecule has 3 rings (SSSR count). The van der Waals surface area contributed by atoms with Crippen LogP contribution >= 0.6 is 0 Å². The van der Waals surface area contributed by atoms with Gasteiger partial charge in [-0.05, 0) is 24.6 Å². The van der Waals surface area contributed by atoms with E-state index in [0.29, 0.717) is 11.7 Å². The van der Waals surface area contributed by atoms with Crippen LogP contribution in [0.2, 0.25) is 0 Å². The Kier molecular flexibility index (Phi) is 3.83. The fourth-order valence-electron chi connectivity index (χ4n) is 3.13. The van der Waals surface area contributed by atoms with Gasteiger partial charge in [-0.15, -0.1) is 0 Å². The Hall–Kier alpha value is -2.00. The monoisotopic (exact) mass is 307 g/mol. The van der Waals surface area contributed by atoms with Crippen molar-refractivity contribution >= 4 is 5.69 Å². The number of alkyl halides is 3. The molecule has 2 aliphatic rings. The second-order valence-electron chi connectivity index (χ2n) is 5.66. The summed E-state index contributed by atoms with van der Waals surface area (Å²) in [6, 6.07) is 5.72. The molecule has 0 amide bonds. The first-order valence-corrected chi connectivity index (χ1v) is 7.24. The summed E-state index contributed by atoms with van der Waals surface area (Å²) in [5.41, 5.74) is -0.0764. The van der Waals surface area contributed by atoms with Gasteiger partial charge in [-0.3, -0.25) is 4.90 Å². The van der Waals surface area contributed by atoms with Crippen LogP contribution in [0.5, 0.6) is 0 Å². The maximum absolute atomic E-state index is 12.7. The standard InChI is InChI=1S/C16H16F3N3/c17-16(18,19)13-3-4-15(12(9-13)10-20)22-8-5-14(11-22)21-6-1-2-7-21/h1-4,9,14H,5-8,11H2/t14-/m0/s1. The van der Waals surface area contributed by atoms with E-state index in [1.807, 2.05) is 11.0 Å². The molecule has 3 nitrogen and oxygen atoms in total. The summed E-state index contributed by atoms with van der Waals surface area (Å²) in [5, 5.41) is 9.18. The highest BCUT2D eigenvalue weighted by atomic mass is 19.4. The normalized spacial score (nSPS) is 22.3. The molecule has 1 saturated heterocycles. The zero-order valence-electron chi connectivity index (χ0n) is 12.0. The smallest absolute Gasteiger partial charge is 0.369 e. The molecule has 0 aliphatic carbocycles. The first kappa shape index (κ1) is 14.9. The van der Waals surface area contributed by atoms with Gasteiger partial charge in [0.05, 0.1) is 16.8 Å². The molecule has 0 saturated carbocycles. The van der Waals surface area contributed by atoms with E-state index in [4.69, 9.17) is 0 Å². The van der Waals surface area contributed by atoms with Gasteiger partial charge in [0.25, 0.3) is 0 Å². The minimum Gasteiger partial charge on any atom is -0.369 e. The van der Waals surface area contributed by atoms with Crippen molar-refractivity contribution < 1.29 is 13.2 Å². The minimum atomic E-state index is -4.42. The van der Waals surface area contributed by atoms with Gasteiger partial charge in [0.1, 0.15) is 6.07 Å². The van der Waals surface area contributed by atoms with Crippen LogP contribution < -0.4 is 4.90 Å². The number of anilines is 1. The molecule has 0 N–H and O–H groups in total. The van der Waals surface area contributed by atoms with E-state index in [1.54, 1.807) is 0 Å². The first-order valence-electron chi connectivity index (χ1n) is 7.24. The van der Waals surface area contributed by atoms with Gasteiger partial charge in [0.2, 0.25) is 0 Å². The molecule has 1 aromatic carbocycles. The number of hydrogen-bond donors (Lipinski definition) is 0. The van der Waals surface area contributed by atoms with Gasteiger partial charge >= 0.3 is 6.18 Å². The summed E-state index contributed by atoms with van der Waals surface area (Å²) >= 11 is 0. The SMILES string of the molecule is N#Cc1cc(C(F)(F)F)ccc1N1CC[C@H](N2CC=CC2)C1. The van der Waals surface area contributed by atoms with Crippen LogP contribution in [-0.4, -0.2) is 37.1 Å². The van der Waals surface area contributed by atoms with Crippen molar-refractivity contribution in [1.82, 2.24) is 4.90 Å². The van der Waals surface area contributed by atoms with Gasteiger partial charge in [-0.25, -0.2) is 0 Å². The Balaban J connectivity index is 1.79.